The molecule has 1 aromatic rings. The molecule has 0 aliphatic carbocycles. The van der Waals surface area contributed by atoms with E-state index >= 15 is 0 Å². The second kappa shape index (κ2) is 19.1. The Kier molecular flexibility index (Phi) is 16.1. The first-order valence-electron chi connectivity index (χ1n) is 14.3. The molecule has 0 N–H and O–H groups in total. The van der Waals surface area contributed by atoms with Crippen LogP contribution in [0.2, 0.25) is 0 Å². The van der Waals surface area contributed by atoms with Gasteiger partial charge in [0.25, 0.3) is 11.8 Å². The van der Waals surface area contributed by atoms with E-state index in [4.69, 9.17) is 18.9 Å². The van der Waals surface area contributed by atoms with Crippen LogP contribution in [-0.2, 0) is 47.7 Å². The van der Waals surface area contributed by atoms with Gasteiger partial charge in [0.05, 0.1) is 37.6 Å². The van der Waals surface area contributed by atoms with E-state index in [-0.39, 0.29) is 49.7 Å². The number of hydrazine groups is 1. The van der Waals surface area contributed by atoms with Crippen molar-refractivity contribution in [1.29, 1.82) is 0 Å². The third-order valence-electron chi connectivity index (χ3n) is 5.69. The van der Waals surface area contributed by atoms with Gasteiger partial charge in [-0.2, -0.15) is 5.01 Å². The van der Waals surface area contributed by atoms with Gasteiger partial charge in [0.2, 0.25) is 0 Å². The summed E-state index contributed by atoms with van der Waals surface area (Å²) in [5, 5.41) is 1.60. The molecule has 2 amide bonds. The van der Waals surface area contributed by atoms with Crippen molar-refractivity contribution in [2.75, 3.05) is 46.6 Å². The summed E-state index contributed by atoms with van der Waals surface area (Å²) in [6, 6.07) is 6.13. The average Bonchev–Trinajstić information content (AvgIpc) is 3.23. The zero-order valence-corrected chi connectivity index (χ0v) is 26.9. The van der Waals surface area contributed by atoms with Crippen LogP contribution in [0, 0.1) is 0 Å². The lowest BCUT2D eigenvalue weighted by molar-refractivity contribution is -0.146. The van der Waals surface area contributed by atoms with E-state index in [0.717, 1.165) is 18.1 Å². The SMILES string of the molecule is CCOC(=O)CN(/C=C(\C(C)=O)C(=O)OCC)N1C(=O)c2ccccc2C1=O.CCOC(=O)CN(C)/C=C(\C(C)=O)C(=O)OCC. The van der Waals surface area contributed by atoms with E-state index < -0.39 is 59.4 Å². The van der Waals surface area contributed by atoms with Crippen LogP contribution in [0.5, 0.6) is 0 Å². The van der Waals surface area contributed by atoms with Crippen molar-refractivity contribution in [3.63, 3.8) is 0 Å². The van der Waals surface area contributed by atoms with E-state index in [2.05, 4.69) is 0 Å². The number of nitrogens with zero attached hydrogens (tertiary/aromatic N) is 3. The van der Waals surface area contributed by atoms with Gasteiger partial charge in [-0.3, -0.25) is 33.8 Å². The zero-order valence-electron chi connectivity index (χ0n) is 26.9. The molecule has 0 saturated carbocycles. The summed E-state index contributed by atoms with van der Waals surface area (Å²) in [6.45, 7) is 8.89. The number of amides is 2. The van der Waals surface area contributed by atoms with E-state index in [0.29, 0.717) is 5.01 Å². The van der Waals surface area contributed by atoms with Crippen LogP contribution in [0.25, 0.3) is 0 Å². The molecule has 0 radical (unpaired) electrons. The molecule has 1 heterocycles. The van der Waals surface area contributed by atoms with E-state index in [1.165, 1.54) is 30.2 Å². The van der Waals surface area contributed by atoms with Gasteiger partial charge in [-0.25, -0.2) is 9.59 Å². The third kappa shape index (κ3) is 11.3. The van der Waals surface area contributed by atoms with Gasteiger partial charge in [0.15, 0.2) is 11.6 Å². The Morgan fingerprint density at radius 3 is 1.43 bits per heavy atom. The van der Waals surface area contributed by atoms with Gasteiger partial charge in [-0.15, -0.1) is 0 Å². The van der Waals surface area contributed by atoms with Crippen molar-refractivity contribution in [2.24, 2.45) is 0 Å². The molecule has 2 rings (SSSR count). The Morgan fingerprint density at radius 2 is 1.04 bits per heavy atom. The van der Waals surface area contributed by atoms with Gasteiger partial charge >= 0.3 is 23.9 Å². The number of rotatable bonds is 15. The third-order valence-corrected chi connectivity index (χ3v) is 5.69. The monoisotopic (exact) mass is 645 g/mol. The largest absolute Gasteiger partial charge is 0.465 e. The summed E-state index contributed by atoms with van der Waals surface area (Å²) >= 11 is 0. The molecule has 0 atom stereocenters. The average molecular weight is 646 g/mol. The van der Waals surface area contributed by atoms with Crippen LogP contribution in [0.4, 0.5) is 0 Å². The number of fused-ring (bicyclic) bond motifs is 1. The molecule has 1 aromatic carbocycles. The molecule has 1 aliphatic heterocycles. The Bertz CT molecular complexity index is 1360. The minimum atomic E-state index is -0.930. The fraction of sp³-hybridized carbons (Fsp3) is 0.419. The van der Waals surface area contributed by atoms with E-state index in [9.17, 15) is 38.4 Å². The first kappa shape index (κ1) is 38.7. The summed E-state index contributed by atoms with van der Waals surface area (Å²) in [4.78, 5) is 96.8. The van der Waals surface area contributed by atoms with Gasteiger partial charge in [0, 0.05) is 19.4 Å². The Hall–Kier alpha value is -5.34. The first-order chi connectivity index (χ1) is 21.7. The smallest absolute Gasteiger partial charge is 0.343 e. The topological polar surface area (TPSA) is 183 Å². The number of imide groups is 1. The quantitative estimate of drug-likeness (QED) is 0.0669. The summed E-state index contributed by atoms with van der Waals surface area (Å²) in [6.07, 6.45) is 2.25. The predicted octanol–water partition coefficient (Wildman–Crippen LogP) is 1.62. The maximum Gasteiger partial charge on any atom is 0.343 e. The minimum absolute atomic E-state index is 0.0222. The molecule has 46 heavy (non-hydrogen) atoms. The summed E-state index contributed by atoms with van der Waals surface area (Å²) < 4.78 is 19.2. The van der Waals surface area contributed by atoms with Crippen LogP contribution in [0.3, 0.4) is 0 Å². The molecule has 0 spiro atoms. The zero-order chi connectivity index (χ0) is 35.0. The number of ketones is 2. The number of hydrogen-bond donors (Lipinski definition) is 0. The van der Waals surface area contributed by atoms with Crippen molar-refractivity contribution in [1.82, 2.24) is 14.9 Å². The molecular formula is C31H39N3O12. The van der Waals surface area contributed by atoms with Gasteiger partial charge < -0.3 is 23.8 Å². The molecular weight excluding hydrogens is 606 g/mol. The maximum absolute atomic E-state index is 12.7. The highest BCUT2D eigenvalue weighted by atomic mass is 16.5. The number of esters is 4. The molecule has 250 valence electrons. The molecule has 15 heteroatoms. The second-order valence-corrected chi connectivity index (χ2v) is 9.23. The lowest BCUT2D eigenvalue weighted by Crippen LogP contribution is -2.46. The van der Waals surface area contributed by atoms with Crippen molar-refractivity contribution in [3.05, 3.63) is 58.9 Å². The number of Topliss-reactive ketones (excluding diaryl/α,β-unsaturated/α-hetero) is 2. The molecule has 0 aromatic heterocycles. The normalized spacial score (nSPS) is 12.3. The van der Waals surface area contributed by atoms with Crippen LogP contribution < -0.4 is 0 Å². The highest BCUT2D eigenvalue weighted by molar-refractivity contribution is 6.21. The molecule has 0 fully saturated rings. The number of carbonyl (C=O) groups excluding carboxylic acids is 8. The minimum Gasteiger partial charge on any atom is -0.465 e. The summed E-state index contributed by atoms with van der Waals surface area (Å²) in [5.74, 6) is -5.24. The van der Waals surface area contributed by atoms with Crippen LogP contribution in [0.15, 0.2) is 47.8 Å². The Labute approximate surface area is 266 Å². The molecule has 0 saturated heterocycles. The summed E-state index contributed by atoms with van der Waals surface area (Å²) in [5.41, 5.74) is -0.211. The highest BCUT2D eigenvalue weighted by Gasteiger charge is 2.40. The number of carbonyl (C=O) groups is 8. The Morgan fingerprint density at radius 1 is 0.652 bits per heavy atom. The van der Waals surface area contributed by atoms with Crippen molar-refractivity contribution < 1.29 is 57.3 Å². The van der Waals surface area contributed by atoms with Gasteiger partial charge in [-0.1, -0.05) is 12.1 Å². The number of ether oxygens (including phenoxy) is 4. The predicted molar refractivity (Wildman–Crippen MR) is 160 cm³/mol. The summed E-state index contributed by atoms with van der Waals surface area (Å²) in [7, 11) is 1.57. The fourth-order valence-corrected chi connectivity index (χ4v) is 3.74. The number of likely N-dealkylation sites (N-methyl/N-ethyl adjacent to an activating group) is 1. The van der Waals surface area contributed by atoms with Crippen molar-refractivity contribution in [2.45, 2.75) is 41.5 Å². The van der Waals surface area contributed by atoms with Crippen molar-refractivity contribution >= 4 is 47.3 Å². The maximum atomic E-state index is 12.7. The van der Waals surface area contributed by atoms with Crippen molar-refractivity contribution in [3.8, 4) is 0 Å². The fourth-order valence-electron chi connectivity index (χ4n) is 3.74. The second-order valence-electron chi connectivity index (χ2n) is 9.23. The van der Waals surface area contributed by atoms with Gasteiger partial charge in [0.1, 0.15) is 24.2 Å². The molecule has 0 bridgehead atoms. The standard InChI is InChI=1S/C19H20N2O7.C12H19NO5/c1-4-27-16(23)11-20(10-15(12(3)22)19(26)28-5-2)21-17(24)13-8-6-7-9-14(13)18(21)25;1-5-17-11(15)8-13(4)7-10(9(3)14)12(16)18-6-2/h6-10H,4-5,11H2,1-3H3;7H,5-6,8H2,1-4H3/b15-10+;10-7+. The van der Waals surface area contributed by atoms with E-state index in [1.54, 1.807) is 46.9 Å². The van der Waals surface area contributed by atoms with Crippen LogP contribution in [-0.4, -0.2) is 109 Å². The highest BCUT2D eigenvalue weighted by Crippen LogP contribution is 2.25. The molecule has 15 nitrogen and oxygen atoms in total. The number of hydrogen-bond acceptors (Lipinski definition) is 14. The molecule has 1 aliphatic rings. The lowest BCUT2D eigenvalue weighted by Gasteiger charge is -2.28. The van der Waals surface area contributed by atoms with E-state index in [1.807, 2.05) is 0 Å². The lowest BCUT2D eigenvalue weighted by atomic mass is 10.1. The molecule has 0 unspecified atom stereocenters. The Balaban J connectivity index is 0.000000510. The van der Waals surface area contributed by atoms with Gasteiger partial charge in [-0.05, 0) is 53.7 Å². The van der Waals surface area contributed by atoms with Crippen LogP contribution >= 0.6 is 0 Å². The van der Waals surface area contributed by atoms with Crippen LogP contribution in [0.1, 0.15) is 62.3 Å². The number of benzene rings is 1. The first-order valence-corrected chi connectivity index (χ1v) is 14.3.